The SMILES string of the molecule is CS(=O)(=O)Cc1ccc(C(=O)N(Cc2ccco2)CC(F)(F)F)cc1. The maximum Gasteiger partial charge on any atom is 0.406 e. The van der Waals surface area contributed by atoms with Gasteiger partial charge < -0.3 is 9.32 Å². The molecular weight excluding hydrogens is 359 g/mol. The Bertz CT molecular complexity index is 812. The van der Waals surface area contributed by atoms with E-state index in [4.69, 9.17) is 4.42 Å². The van der Waals surface area contributed by atoms with Gasteiger partial charge in [0.15, 0.2) is 9.84 Å². The molecule has 0 aliphatic heterocycles. The molecule has 2 rings (SSSR count). The summed E-state index contributed by atoms with van der Waals surface area (Å²) in [5.41, 5.74) is 0.487. The van der Waals surface area contributed by atoms with Crippen molar-refractivity contribution in [2.24, 2.45) is 0 Å². The molecule has 1 aromatic carbocycles. The van der Waals surface area contributed by atoms with E-state index in [0.29, 0.717) is 10.5 Å². The molecule has 0 saturated heterocycles. The molecule has 0 aliphatic rings. The lowest BCUT2D eigenvalue weighted by Gasteiger charge is -2.23. The molecule has 0 aliphatic carbocycles. The molecule has 25 heavy (non-hydrogen) atoms. The number of furan rings is 1. The van der Waals surface area contributed by atoms with E-state index in [1.54, 1.807) is 0 Å². The van der Waals surface area contributed by atoms with Crippen molar-refractivity contribution in [2.45, 2.75) is 18.5 Å². The van der Waals surface area contributed by atoms with E-state index >= 15 is 0 Å². The zero-order chi connectivity index (χ0) is 18.7. The Morgan fingerprint density at radius 3 is 2.28 bits per heavy atom. The van der Waals surface area contributed by atoms with Gasteiger partial charge >= 0.3 is 6.18 Å². The van der Waals surface area contributed by atoms with E-state index in [1.807, 2.05) is 0 Å². The molecule has 136 valence electrons. The minimum atomic E-state index is -4.56. The van der Waals surface area contributed by atoms with Crippen LogP contribution >= 0.6 is 0 Å². The third kappa shape index (κ3) is 6.26. The number of amides is 1. The largest absolute Gasteiger partial charge is 0.467 e. The Morgan fingerprint density at radius 1 is 1.16 bits per heavy atom. The van der Waals surface area contributed by atoms with Gasteiger partial charge in [-0.3, -0.25) is 4.79 Å². The second-order valence-corrected chi connectivity index (χ2v) is 7.76. The summed E-state index contributed by atoms with van der Waals surface area (Å²) in [6.07, 6.45) is -2.18. The van der Waals surface area contributed by atoms with Crippen LogP contribution in [0.3, 0.4) is 0 Å². The predicted molar refractivity (Wildman–Crippen MR) is 84.5 cm³/mol. The number of carbonyl (C=O) groups is 1. The Balaban J connectivity index is 2.20. The summed E-state index contributed by atoms with van der Waals surface area (Å²) in [6.45, 7) is -1.74. The van der Waals surface area contributed by atoms with Crippen LogP contribution in [0.15, 0.2) is 47.1 Å². The van der Waals surface area contributed by atoms with Crippen LogP contribution in [0.2, 0.25) is 0 Å². The summed E-state index contributed by atoms with van der Waals surface area (Å²) in [5, 5.41) is 0. The van der Waals surface area contributed by atoms with E-state index in [0.717, 1.165) is 6.26 Å². The normalized spacial score (nSPS) is 12.2. The maximum atomic E-state index is 12.8. The smallest absolute Gasteiger partial charge is 0.406 e. The van der Waals surface area contributed by atoms with E-state index in [2.05, 4.69) is 0 Å². The third-order valence-corrected chi connectivity index (χ3v) is 4.07. The average Bonchev–Trinajstić information content (AvgIpc) is 2.96. The van der Waals surface area contributed by atoms with Gasteiger partial charge in [0.2, 0.25) is 0 Å². The monoisotopic (exact) mass is 375 g/mol. The first-order chi connectivity index (χ1) is 11.5. The number of alkyl halides is 3. The summed E-state index contributed by atoms with van der Waals surface area (Å²) >= 11 is 0. The van der Waals surface area contributed by atoms with Crippen LogP contribution in [0.4, 0.5) is 13.2 Å². The van der Waals surface area contributed by atoms with Crippen molar-refractivity contribution >= 4 is 15.7 Å². The first-order valence-corrected chi connectivity index (χ1v) is 9.25. The summed E-state index contributed by atoms with van der Waals surface area (Å²) in [4.78, 5) is 13.0. The molecule has 1 heterocycles. The molecule has 0 N–H and O–H groups in total. The van der Waals surface area contributed by atoms with Crippen molar-refractivity contribution in [3.05, 3.63) is 59.5 Å². The lowest BCUT2D eigenvalue weighted by Crippen LogP contribution is -2.38. The van der Waals surface area contributed by atoms with Crippen molar-refractivity contribution in [1.82, 2.24) is 4.90 Å². The zero-order valence-corrected chi connectivity index (χ0v) is 14.1. The molecular formula is C16H16F3NO4S. The third-order valence-electron chi connectivity index (χ3n) is 3.21. The van der Waals surface area contributed by atoms with Crippen LogP contribution in [0.25, 0.3) is 0 Å². The van der Waals surface area contributed by atoms with Crippen molar-refractivity contribution in [3.63, 3.8) is 0 Å². The molecule has 0 fully saturated rings. The molecule has 9 heteroatoms. The summed E-state index contributed by atoms with van der Waals surface area (Å²) in [5.74, 6) is -0.800. The fourth-order valence-corrected chi connectivity index (χ4v) is 3.03. The fourth-order valence-electron chi connectivity index (χ4n) is 2.24. The molecule has 0 radical (unpaired) electrons. The van der Waals surface area contributed by atoms with Crippen LogP contribution in [-0.4, -0.2) is 38.2 Å². The average molecular weight is 375 g/mol. The topological polar surface area (TPSA) is 67.6 Å². The summed E-state index contributed by atoms with van der Waals surface area (Å²) < 4.78 is 65.8. The first kappa shape index (κ1) is 19.0. The predicted octanol–water partition coefficient (Wildman–Crippen LogP) is 3.03. The Kier molecular flexibility index (Phi) is 5.56. The van der Waals surface area contributed by atoms with Gasteiger partial charge in [0.1, 0.15) is 12.3 Å². The highest BCUT2D eigenvalue weighted by Gasteiger charge is 2.33. The second-order valence-electron chi connectivity index (χ2n) is 5.62. The number of halogens is 3. The molecule has 0 saturated carbocycles. The molecule has 1 amide bonds. The van der Waals surface area contributed by atoms with Crippen molar-refractivity contribution in [2.75, 3.05) is 12.8 Å². The fraction of sp³-hybridized carbons (Fsp3) is 0.312. The van der Waals surface area contributed by atoms with Gasteiger partial charge in [0, 0.05) is 11.8 Å². The summed E-state index contributed by atoms with van der Waals surface area (Å²) in [7, 11) is -3.24. The standard InChI is InChI=1S/C16H16F3NO4S/c1-25(22,23)10-12-4-6-13(7-5-12)15(21)20(11-16(17,18)19)9-14-3-2-8-24-14/h2-8H,9-11H2,1H3. The number of sulfone groups is 1. The van der Waals surface area contributed by atoms with Gasteiger partial charge in [-0.05, 0) is 29.8 Å². The Labute approximate surface area is 143 Å². The van der Waals surface area contributed by atoms with Gasteiger partial charge in [-0.15, -0.1) is 0 Å². The molecule has 2 aromatic rings. The van der Waals surface area contributed by atoms with E-state index in [-0.39, 0.29) is 23.6 Å². The van der Waals surface area contributed by atoms with Crippen LogP contribution in [0, 0.1) is 0 Å². The van der Waals surface area contributed by atoms with Crippen LogP contribution in [-0.2, 0) is 22.1 Å². The number of rotatable bonds is 6. The number of carbonyl (C=O) groups excluding carboxylic acids is 1. The molecule has 5 nitrogen and oxygen atoms in total. The molecule has 0 unspecified atom stereocenters. The van der Waals surface area contributed by atoms with E-state index in [9.17, 15) is 26.4 Å². The van der Waals surface area contributed by atoms with E-state index in [1.165, 1.54) is 42.7 Å². The van der Waals surface area contributed by atoms with Gasteiger partial charge in [0.25, 0.3) is 5.91 Å². The van der Waals surface area contributed by atoms with Crippen molar-refractivity contribution in [1.29, 1.82) is 0 Å². The van der Waals surface area contributed by atoms with Gasteiger partial charge in [-0.1, -0.05) is 12.1 Å². The number of nitrogens with zero attached hydrogens (tertiary/aromatic N) is 1. The Morgan fingerprint density at radius 2 is 1.80 bits per heavy atom. The zero-order valence-electron chi connectivity index (χ0n) is 13.3. The van der Waals surface area contributed by atoms with Gasteiger partial charge in [-0.2, -0.15) is 13.2 Å². The lowest BCUT2D eigenvalue weighted by molar-refractivity contribution is -0.142. The van der Waals surface area contributed by atoms with Crippen molar-refractivity contribution in [3.8, 4) is 0 Å². The van der Waals surface area contributed by atoms with Crippen LogP contribution < -0.4 is 0 Å². The highest BCUT2D eigenvalue weighted by molar-refractivity contribution is 7.89. The first-order valence-electron chi connectivity index (χ1n) is 7.18. The highest BCUT2D eigenvalue weighted by atomic mass is 32.2. The van der Waals surface area contributed by atoms with Gasteiger partial charge in [0.05, 0.1) is 18.6 Å². The lowest BCUT2D eigenvalue weighted by atomic mass is 10.1. The molecule has 0 bridgehead atoms. The van der Waals surface area contributed by atoms with Gasteiger partial charge in [-0.25, -0.2) is 8.42 Å². The number of hydrogen-bond donors (Lipinski definition) is 0. The molecule has 0 atom stereocenters. The minimum absolute atomic E-state index is 0.0352. The van der Waals surface area contributed by atoms with Crippen LogP contribution in [0.1, 0.15) is 21.7 Å². The van der Waals surface area contributed by atoms with E-state index < -0.39 is 28.5 Å². The minimum Gasteiger partial charge on any atom is -0.467 e. The molecule has 0 spiro atoms. The number of hydrogen-bond acceptors (Lipinski definition) is 4. The van der Waals surface area contributed by atoms with Crippen LogP contribution in [0.5, 0.6) is 0 Å². The highest BCUT2D eigenvalue weighted by Crippen LogP contribution is 2.20. The molecule has 1 aromatic heterocycles. The maximum absolute atomic E-state index is 12.8. The Hall–Kier alpha value is -2.29. The second kappa shape index (κ2) is 7.30. The van der Waals surface area contributed by atoms with Crippen molar-refractivity contribution < 1.29 is 30.8 Å². The summed E-state index contributed by atoms with van der Waals surface area (Å²) in [6, 6.07) is 8.44. The quantitative estimate of drug-likeness (QED) is 0.778. The number of benzene rings is 1.